The molecule has 7 heteroatoms. The third-order valence-corrected chi connectivity index (χ3v) is 6.68. The van der Waals surface area contributed by atoms with Crippen molar-refractivity contribution in [1.82, 2.24) is 14.3 Å². The van der Waals surface area contributed by atoms with Crippen LogP contribution in [0.1, 0.15) is 56.9 Å². The van der Waals surface area contributed by atoms with Crippen LogP contribution < -0.4 is 16.8 Å². The molecule has 1 heterocycles. The normalized spacial score (nSPS) is 15.7. The number of H-pyrrole nitrogens is 1. The second kappa shape index (κ2) is 10.1. The Bertz CT molecular complexity index is 1150. The van der Waals surface area contributed by atoms with Crippen molar-refractivity contribution >= 4 is 12.7 Å². The van der Waals surface area contributed by atoms with Crippen LogP contribution in [0, 0.1) is 5.92 Å². The fraction of sp³-hybridized carbons (Fsp3) is 0.440. The summed E-state index contributed by atoms with van der Waals surface area (Å²) < 4.78 is 2.25. The van der Waals surface area contributed by atoms with Gasteiger partial charge in [-0.05, 0) is 42.2 Å². The van der Waals surface area contributed by atoms with E-state index in [0.29, 0.717) is 17.3 Å². The van der Waals surface area contributed by atoms with E-state index in [-0.39, 0.29) is 5.75 Å². The van der Waals surface area contributed by atoms with Crippen LogP contribution in [0.5, 0.6) is 5.75 Å². The molecular formula is C25H32BN3O3. The zero-order valence-electron chi connectivity index (χ0n) is 18.8. The van der Waals surface area contributed by atoms with Gasteiger partial charge in [-0.2, -0.15) is 4.68 Å². The van der Waals surface area contributed by atoms with E-state index in [1.165, 1.54) is 51.4 Å². The summed E-state index contributed by atoms with van der Waals surface area (Å²) in [5.41, 5.74) is 1.99. The molecule has 1 aromatic heterocycles. The van der Waals surface area contributed by atoms with Crippen LogP contribution in [-0.4, -0.2) is 26.7 Å². The standard InChI is InChI=1S/C25H32BN3O3/c1-26-20-11-13-21(14-12-20)28-24(31)27-29(25(28)32)22-17-19(10-15-23(22)30)16-18-8-6-4-2-3-5-7-9-18/h10-15,17-18,26,30H,2-9,16H2,1H3,(H,27,31). The first-order valence-electron chi connectivity index (χ1n) is 11.9. The van der Waals surface area contributed by atoms with Crippen molar-refractivity contribution in [2.75, 3.05) is 0 Å². The van der Waals surface area contributed by atoms with Gasteiger partial charge in [0.1, 0.15) is 11.4 Å². The molecule has 3 aromatic rings. The second-order valence-corrected chi connectivity index (χ2v) is 8.98. The maximum absolute atomic E-state index is 13.1. The van der Waals surface area contributed by atoms with Gasteiger partial charge in [-0.15, -0.1) is 0 Å². The number of nitrogens with zero attached hydrogens (tertiary/aromatic N) is 2. The molecule has 0 bridgehead atoms. The minimum Gasteiger partial charge on any atom is -0.506 e. The molecule has 168 valence electrons. The number of hydrogen-bond acceptors (Lipinski definition) is 3. The van der Waals surface area contributed by atoms with E-state index < -0.39 is 11.4 Å². The van der Waals surface area contributed by atoms with Gasteiger partial charge in [0.2, 0.25) is 0 Å². The Balaban J connectivity index is 1.63. The highest BCUT2D eigenvalue weighted by molar-refractivity contribution is 6.51. The molecule has 1 aliphatic rings. The molecule has 32 heavy (non-hydrogen) atoms. The highest BCUT2D eigenvalue weighted by atomic mass is 16.3. The third kappa shape index (κ3) is 4.92. The van der Waals surface area contributed by atoms with E-state index in [1.807, 2.05) is 24.3 Å². The topological polar surface area (TPSA) is 80.0 Å². The van der Waals surface area contributed by atoms with Crippen LogP contribution >= 0.6 is 0 Å². The Morgan fingerprint density at radius 3 is 2.28 bits per heavy atom. The van der Waals surface area contributed by atoms with E-state index >= 15 is 0 Å². The number of benzene rings is 2. The maximum atomic E-state index is 13.1. The first kappa shape index (κ1) is 22.2. The molecule has 0 spiro atoms. The number of rotatable bonds is 5. The first-order chi connectivity index (χ1) is 15.6. The highest BCUT2D eigenvalue weighted by Gasteiger charge is 2.17. The van der Waals surface area contributed by atoms with Gasteiger partial charge in [-0.25, -0.2) is 19.3 Å². The number of aromatic nitrogens is 3. The molecule has 6 nitrogen and oxygen atoms in total. The highest BCUT2D eigenvalue weighted by Crippen LogP contribution is 2.28. The van der Waals surface area contributed by atoms with E-state index in [2.05, 4.69) is 11.9 Å². The van der Waals surface area contributed by atoms with Crippen LogP contribution in [0.3, 0.4) is 0 Å². The Hall–Kier alpha value is -2.96. The minimum absolute atomic E-state index is 0.0277. The summed E-state index contributed by atoms with van der Waals surface area (Å²) in [5, 5.41) is 13.1. The Kier molecular flexibility index (Phi) is 7.03. The van der Waals surface area contributed by atoms with Gasteiger partial charge in [0.25, 0.3) is 0 Å². The largest absolute Gasteiger partial charge is 0.506 e. The molecule has 0 saturated heterocycles. The van der Waals surface area contributed by atoms with E-state index in [4.69, 9.17) is 0 Å². The fourth-order valence-electron chi connectivity index (χ4n) is 4.78. The molecule has 4 rings (SSSR count). The summed E-state index contributed by atoms with van der Waals surface area (Å²) in [7, 11) is 0.883. The molecule has 1 saturated carbocycles. The van der Waals surface area contributed by atoms with Crippen LogP contribution in [-0.2, 0) is 6.42 Å². The van der Waals surface area contributed by atoms with Crippen molar-refractivity contribution in [2.45, 2.75) is 64.6 Å². The average Bonchev–Trinajstić information content (AvgIpc) is 3.16. The van der Waals surface area contributed by atoms with Gasteiger partial charge in [-0.3, -0.25) is 0 Å². The second-order valence-electron chi connectivity index (χ2n) is 8.98. The van der Waals surface area contributed by atoms with E-state index in [0.717, 1.165) is 34.0 Å². The van der Waals surface area contributed by atoms with Crippen molar-refractivity contribution in [1.29, 1.82) is 0 Å². The molecular weight excluding hydrogens is 401 g/mol. The molecule has 1 aliphatic carbocycles. The first-order valence-corrected chi connectivity index (χ1v) is 11.9. The molecule has 0 aliphatic heterocycles. The van der Waals surface area contributed by atoms with E-state index in [9.17, 15) is 14.7 Å². The van der Waals surface area contributed by atoms with Crippen LogP contribution in [0.15, 0.2) is 52.1 Å². The van der Waals surface area contributed by atoms with Crippen molar-refractivity contribution in [3.8, 4) is 17.1 Å². The lowest BCUT2D eigenvalue weighted by molar-refractivity contribution is 0.424. The molecule has 0 unspecified atom stereocenters. The molecule has 0 amide bonds. The Labute approximate surface area is 189 Å². The lowest BCUT2D eigenvalue weighted by Gasteiger charge is -2.17. The SMILES string of the molecule is CBc1ccc(-n2c(=O)[nH]n(-c3cc(CC4CCCCCCCC4)ccc3O)c2=O)cc1. The Morgan fingerprint density at radius 1 is 0.969 bits per heavy atom. The number of nitrogens with one attached hydrogen (secondary N) is 1. The van der Waals surface area contributed by atoms with Gasteiger partial charge in [0.05, 0.1) is 5.69 Å². The molecule has 2 aromatic carbocycles. The molecule has 2 N–H and O–H groups in total. The fourth-order valence-corrected chi connectivity index (χ4v) is 4.78. The number of phenols is 1. The minimum atomic E-state index is -0.527. The van der Waals surface area contributed by atoms with Gasteiger partial charge in [0, 0.05) is 0 Å². The monoisotopic (exact) mass is 433 g/mol. The zero-order chi connectivity index (χ0) is 22.5. The summed E-state index contributed by atoms with van der Waals surface area (Å²) >= 11 is 0. The van der Waals surface area contributed by atoms with Gasteiger partial charge < -0.3 is 5.11 Å². The summed E-state index contributed by atoms with van der Waals surface area (Å²) in [6.45, 7) is 2.05. The molecule has 1 fully saturated rings. The molecule has 0 atom stereocenters. The van der Waals surface area contributed by atoms with Gasteiger partial charge >= 0.3 is 11.4 Å². The predicted octanol–water partition coefficient (Wildman–Crippen LogP) is 3.43. The van der Waals surface area contributed by atoms with Crippen molar-refractivity contribution < 1.29 is 5.11 Å². The summed E-state index contributed by atoms with van der Waals surface area (Å²) in [6.07, 6.45) is 11.2. The predicted molar refractivity (Wildman–Crippen MR) is 130 cm³/mol. The maximum Gasteiger partial charge on any atom is 0.356 e. The molecule has 0 radical (unpaired) electrons. The van der Waals surface area contributed by atoms with E-state index in [1.54, 1.807) is 18.2 Å². The lowest BCUT2D eigenvalue weighted by Crippen LogP contribution is -2.27. The number of hydrogen-bond donors (Lipinski definition) is 2. The zero-order valence-corrected chi connectivity index (χ0v) is 18.8. The van der Waals surface area contributed by atoms with Crippen molar-refractivity contribution in [2.24, 2.45) is 5.92 Å². The summed E-state index contributed by atoms with van der Waals surface area (Å²) in [4.78, 5) is 25.7. The number of phenolic OH excluding ortho intramolecular Hbond substituents is 1. The average molecular weight is 433 g/mol. The lowest BCUT2D eigenvalue weighted by atomic mass is 9.73. The third-order valence-electron chi connectivity index (χ3n) is 6.68. The van der Waals surface area contributed by atoms with Crippen LogP contribution in [0.4, 0.5) is 0 Å². The van der Waals surface area contributed by atoms with Crippen molar-refractivity contribution in [3.63, 3.8) is 0 Å². The van der Waals surface area contributed by atoms with Gasteiger partial charge in [0.15, 0.2) is 7.28 Å². The number of aromatic amines is 1. The Morgan fingerprint density at radius 2 is 1.62 bits per heavy atom. The van der Waals surface area contributed by atoms with Crippen molar-refractivity contribution in [3.05, 3.63) is 69.0 Å². The van der Waals surface area contributed by atoms with Gasteiger partial charge in [-0.1, -0.05) is 81.9 Å². The number of aromatic hydroxyl groups is 1. The smallest absolute Gasteiger partial charge is 0.356 e. The van der Waals surface area contributed by atoms with Crippen LogP contribution in [0.25, 0.3) is 11.4 Å². The summed E-state index contributed by atoms with van der Waals surface area (Å²) in [6, 6.07) is 12.7. The van der Waals surface area contributed by atoms with Crippen LogP contribution in [0.2, 0.25) is 6.82 Å². The summed E-state index contributed by atoms with van der Waals surface area (Å²) in [5.74, 6) is 0.586. The quantitative estimate of drug-likeness (QED) is 0.605.